The number of hydrogen-bond acceptors (Lipinski definition) is 4. The molecular formula is C9H14N4O2. The van der Waals surface area contributed by atoms with Gasteiger partial charge in [0.15, 0.2) is 0 Å². The number of aryl methyl sites for hydroxylation is 1. The maximum absolute atomic E-state index is 11.3. The van der Waals surface area contributed by atoms with Crippen molar-refractivity contribution < 1.29 is 9.63 Å². The molecule has 1 aromatic heterocycles. The van der Waals surface area contributed by atoms with E-state index in [0.717, 1.165) is 0 Å². The predicted molar refractivity (Wildman–Crippen MR) is 51.5 cm³/mol. The molecule has 1 heterocycles. The minimum Gasteiger partial charge on any atom is -0.273 e. The Kier molecular flexibility index (Phi) is 2.96. The quantitative estimate of drug-likeness (QED) is 0.684. The molecule has 1 aromatic rings. The van der Waals surface area contributed by atoms with Gasteiger partial charge in [-0.25, -0.2) is 5.48 Å². The van der Waals surface area contributed by atoms with Crippen LogP contribution in [-0.2, 0) is 23.1 Å². The molecule has 1 aliphatic carbocycles. The van der Waals surface area contributed by atoms with Crippen LogP contribution in [0.5, 0.6) is 0 Å². The van der Waals surface area contributed by atoms with Crippen LogP contribution >= 0.6 is 0 Å². The molecule has 6 heteroatoms. The van der Waals surface area contributed by atoms with Crippen molar-refractivity contribution in [1.82, 2.24) is 20.5 Å². The lowest BCUT2D eigenvalue weighted by atomic mass is 10.3. The summed E-state index contributed by atoms with van der Waals surface area (Å²) in [5.74, 6) is 0.456. The van der Waals surface area contributed by atoms with Crippen molar-refractivity contribution in [2.45, 2.75) is 19.3 Å². The summed E-state index contributed by atoms with van der Waals surface area (Å²) in [6.45, 7) is 0.617. The Labute approximate surface area is 87.6 Å². The van der Waals surface area contributed by atoms with Crippen molar-refractivity contribution in [1.29, 1.82) is 0 Å². The average molecular weight is 210 g/mol. The Morgan fingerprint density at radius 3 is 3.13 bits per heavy atom. The van der Waals surface area contributed by atoms with Crippen molar-refractivity contribution in [3.05, 3.63) is 11.9 Å². The van der Waals surface area contributed by atoms with Gasteiger partial charge in [-0.05, 0) is 18.8 Å². The first kappa shape index (κ1) is 10.1. The van der Waals surface area contributed by atoms with Gasteiger partial charge in [0.05, 0.1) is 18.7 Å². The molecule has 1 saturated carbocycles. The van der Waals surface area contributed by atoms with Crippen LogP contribution in [0.4, 0.5) is 0 Å². The highest BCUT2D eigenvalue weighted by molar-refractivity contribution is 5.76. The molecule has 15 heavy (non-hydrogen) atoms. The summed E-state index contributed by atoms with van der Waals surface area (Å²) in [5.41, 5.74) is 3.04. The highest BCUT2D eigenvalue weighted by Gasteiger charge is 2.21. The van der Waals surface area contributed by atoms with E-state index in [4.69, 9.17) is 4.84 Å². The SMILES string of the molecule is Cn1cc(CC(=O)NOCC2CC2)nn1. The third-order valence-electron chi connectivity index (χ3n) is 2.19. The predicted octanol–water partition coefficient (Wildman–Crippen LogP) is -0.185. The minimum atomic E-state index is -0.184. The molecule has 0 atom stereocenters. The van der Waals surface area contributed by atoms with Gasteiger partial charge in [-0.3, -0.25) is 14.3 Å². The maximum atomic E-state index is 11.3. The van der Waals surface area contributed by atoms with Gasteiger partial charge in [-0.1, -0.05) is 5.21 Å². The van der Waals surface area contributed by atoms with Crippen LogP contribution in [-0.4, -0.2) is 27.5 Å². The Hall–Kier alpha value is -1.43. The molecule has 1 fully saturated rings. The van der Waals surface area contributed by atoms with Gasteiger partial charge in [-0.2, -0.15) is 0 Å². The Balaban J connectivity index is 1.67. The van der Waals surface area contributed by atoms with Crippen molar-refractivity contribution >= 4 is 5.91 Å². The zero-order valence-electron chi connectivity index (χ0n) is 8.64. The lowest BCUT2D eigenvalue weighted by Crippen LogP contribution is -2.26. The van der Waals surface area contributed by atoms with E-state index in [1.165, 1.54) is 12.8 Å². The summed E-state index contributed by atoms with van der Waals surface area (Å²) >= 11 is 0. The zero-order valence-corrected chi connectivity index (χ0v) is 8.64. The number of amides is 1. The van der Waals surface area contributed by atoms with Crippen molar-refractivity contribution in [3.63, 3.8) is 0 Å². The zero-order chi connectivity index (χ0) is 10.7. The van der Waals surface area contributed by atoms with Gasteiger partial charge in [0.25, 0.3) is 0 Å². The first-order chi connectivity index (χ1) is 7.24. The van der Waals surface area contributed by atoms with Crippen molar-refractivity contribution in [2.75, 3.05) is 6.61 Å². The summed E-state index contributed by atoms with van der Waals surface area (Å²) < 4.78 is 1.56. The van der Waals surface area contributed by atoms with Crippen LogP contribution in [0.25, 0.3) is 0 Å². The third kappa shape index (κ3) is 3.32. The minimum absolute atomic E-state index is 0.184. The summed E-state index contributed by atoms with van der Waals surface area (Å²) in [7, 11) is 1.76. The van der Waals surface area contributed by atoms with Crippen molar-refractivity contribution in [2.24, 2.45) is 13.0 Å². The van der Waals surface area contributed by atoms with Gasteiger partial charge >= 0.3 is 0 Å². The average Bonchev–Trinajstić information content (AvgIpc) is 2.91. The molecule has 0 spiro atoms. The molecule has 0 bridgehead atoms. The normalized spacial score (nSPS) is 15.3. The monoisotopic (exact) mass is 210 g/mol. The number of rotatable bonds is 5. The fourth-order valence-corrected chi connectivity index (χ4v) is 1.20. The van der Waals surface area contributed by atoms with Gasteiger partial charge in [0.1, 0.15) is 0 Å². The molecule has 0 aliphatic heterocycles. The highest BCUT2D eigenvalue weighted by atomic mass is 16.7. The van der Waals surface area contributed by atoms with E-state index in [-0.39, 0.29) is 12.3 Å². The summed E-state index contributed by atoms with van der Waals surface area (Å²) in [6, 6.07) is 0. The summed E-state index contributed by atoms with van der Waals surface area (Å²) in [6.07, 6.45) is 4.33. The van der Waals surface area contributed by atoms with Gasteiger partial charge in [0, 0.05) is 13.2 Å². The highest BCUT2D eigenvalue weighted by Crippen LogP contribution is 2.28. The lowest BCUT2D eigenvalue weighted by molar-refractivity contribution is -0.133. The molecule has 1 N–H and O–H groups in total. The Morgan fingerprint density at radius 1 is 1.73 bits per heavy atom. The number of hydrogen-bond donors (Lipinski definition) is 1. The van der Waals surface area contributed by atoms with Crippen LogP contribution in [0.15, 0.2) is 6.20 Å². The van der Waals surface area contributed by atoms with Gasteiger partial charge < -0.3 is 0 Å². The van der Waals surface area contributed by atoms with Crippen LogP contribution in [0, 0.1) is 5.92 Å². The molecule has 0 aromatic carbocycles. The lowest BCUT2D eigenvalue weighted by Gasteiger charge is -2.02. The van der Waals surface area contributed by atoms with E-state index in [9.17, 15) is 4.79 Å². The number of nitrogens with one attached hydrogen (secondary N) is 1. The molecule has 0 radical (unpaired) electrons. The molecule has 2 rings (SSSR count). The van der Waals surface area contributed by atoms with E-state index in [1.807, 2.05) is 0 Å². The second-order valence-corrected chi connectivity index (χ2v) is 3.84. The second kappa shape index (κ2) is 4.39. The summed E-state index contributed by atoms with van der Waals surface area (Å²) in [5, 5.41) is 7.54. The maximum Gasteiger partial charge on any atom is 0.249 e. The van der Waals surface area contributed by atoms with E-state index < -0.39 is 0 Å². The van der Waals surface area contributed by atoms with Crippen molar-refractivity contribution in [3.8, 4) is 0 Å². The summed E-state index contributed by atoms with van der Waals surface area (Å²) in [4.78, 5) is 16.4. The topological polar surface area (TPSA) is 69.0 Å². The molecule has 82 valence electrons. The molecular weight excluding hydrogens is 196 g/mol. The fourth-order valence-electron chi connectivity index (χ4n) is 1.20. The van der Waals surface area contributed by atoms with E-state index in [2.05, 4.69) is 15.8 Å². The van der Waals surface area contributed by atoms with Gasteiger partial charge in [-0.15, -0.1) is 5.10 Å². The standard InChI is InChI=1S/C9H14N4O2/c1-13-5-8(10-12-13)4-9(14)11-15-6-7-2-3-7/h5,7H,2-4,6H2,1H3,(H,11,14). The van der Waals surface area contributed by atoms with Crippen LogP contribution in [0.2, 0.25) is 0 Å². The fraction of sp³-hybridized carbons (Fsp3) is 0.667. The first-order valence-electron chi connectivity index (χ1n) is 5.00. The Bertz CT molecular complexity index is 346. The molecule has 1 aliphatic rings. The van der Waals surface area contributed by atoms with E-state index >= 15 is 0 Å². The smallest absolute Gasteiger partial charge is 0.249 e. The molecule has 6 nitrogen and oxygen atoms in total. The number of aromatic nitrogens is 3. The molecule has 0 saturated heterocycles. The number of carbonyl (C=O) groups excluding carboxylic acids is 1. The van der Waals surface area contributed by atoms with Crippen LogP contribution < -0.4 is 5.48 Å². The van der Waals surface area contributed by atoms with Crippen LogP contribution in [0.1, 0.15) is 18.5 Å². The molecule has 1 amide bonds. The number of hydroxylamine groups is 1. The number of carbonyl (C=O) groups is 1. The second-order valence-electron chi connectivity index (χ2n) is 3.84. The Morgan fingerprint density at radius 2 is 2.53 bits per heavy atom. The van der Waals surface area contributed by atoms with E-state index in [1.54, 1.807) is 17.9 Å². The van der Waals surface area contributed by atoms with Gasteiger partial charge in [0.2, 0.25) is 5.91 Å². The third-order valence-corrected chi connectivity index (χ3v) is 2.19. The van der Waals surface area contributed by atoms with E-state index in [0.29, 0.717) is 18.2 Å². The molecule has 0 unspecified atom stereocenters. The first-order valence-corrected chi connectivity index (χ1v) is 5.00. The largest absolute Gasteiger partial charge is 0.273 e. The number of nitrogens with zero attached hydrogens (tertiary/aromatic N) is 3. The van der Waals surface area contributed by atoms with Crippen LogP contribution in [0.3, 0.4) is 0 Å².